The van der Waals surface area contributed by atoms with E-state index >= 15 is 0 Å². The Morgan fingerprint density at radius 3 is 2.33 bits per heavy atom. The van der Waals surface area contributed by atoms with Gasteiger partial charge in [-0.05, 0) is 44.4 Å². The van der Waals surface area contributed by atoms with E-state index in [0.717, 1.165) is 51.7 Å². The molecule has 0 aromatic carbocycles. The van der Waals surface area contributed by atoms with Crippen molar-refractivity contribution in [3.8, 4) is 0 Å². The Balaban J connectivity index is 1.83. The molecule has 0 aromatic rings. The average Bonchev–Trinajstić information content (AvgIpc) is 2.96. The number of hydrogen-bond donors (Lipinski definition) is 0. The lowest BCUT2D eigenvalue weighted by Gasteiger charge is -2.23. The minimum atomic E-state index is -3.35. The largest absolute Gasteiger partial charge is 0.381 e. The van der Waals surface area contributed by atoms with Gasteiger partial charge in [-0.3, -0.25) is 0 Å². The van der Waals surface area contributed by atoms with E-state index < -0.39 is 13.8 Å². The molecule has 0 bridgehead atoms. The Bertz CT molecular complexity index is 316. The number of rotatable bonds is 4. The van der Waals surface area contributed by atoms with Crippen molar-refractivity contribution in [1.29, 1.82) is 0 Å². The highest BCUT2D eigenvalue weighted by atomic mass is 35.7. The Kier molecular flexibility index (Phi) is 3.29. The third kappa shape index (κ3) is 2.66. The van der Waals surface area contributed by atoms with E-state index in [4.69, 9.17) is 15.4 Å². The number of hydrogen-bond acceptors (Lipinski definition) is 3. The molecule has 0 N–H and O–H groups in total. The van der Waals surface area contributed by atoms with Crippen LogP contribution in [0.5, 0.6) is 0 Å². The summed E-state index contributed by atoms with van der Waals surface area (Å²) in [6, 6.07) is 0. The zero-order chi connectivity index (χ0) is 10.9. The second kappa shape index (κ2) is 4.22. The molecule has 1 heterocycles. The SMILES string of the molecule is O=S(=O)(Cl)C1(CCC2CCOCC2)CC1. The maximum Gasteiger partial charge on any atom is 0.238 e. The second-order valence-corrected chi connectivity index (χ2v) is 7.68. The summed E-state index contributed by atoms with van der Waals surface area (Å²) in [4.78, 5) is 0. The van der Waals surface area contributed by atoms with E-state index in [1.54, 1.807) is 0 Å². The van der Waals surface area contributed by atoms with Crippen LogP contribution in [0, 0.1) is 5.92 Å². The Morgan fingerprint density at radius 1 is 1.27 bits per heavy atom. The monoisotopic (exact) mass is 252 g/mol. The first kappa shape index (κ1) is 11.7. The molecule has 15 heavy (non-hydrogen) atoms. The normalized spacial score (nSPS) is 26.5. The summed E-state index contributed by atoms with van der Waals surface area (Å²) >= 11 is 0. The van der Waals surface area contributed by atoms with E-state index in [-0.39, 0.29) is 0 Å². The molecule has 2 rings (SSSR count). The predicted molar refractivity (Wildman–Crippen MR) is 59.5 cm³/mol. The first-order valence-electron chi connectivity index (χ1n) is 5.55. The number of ether oxygens (including phenoxy) is 1. The molecule has 0 aromatic heterocycles. The Labute approximate surface area is 95.6 Å². The van der Waals surface area contributed by atoms with E-state index in [1.807, 2.05) is 0 Å². The van der Waals surface area contributed by atoms with Gasteiger partial charge in [0.1, 0.15) is 0 Å². The molecule has 5 heteroatoms. The maximum atomic E-state index is 11.3. The van der Waals surface area contributed by atoms with Gasteiger partial charge in [0.2, 0.25) is 9.05 Å². The zero-order valence-corrected chi connectivity index (χ0v) is 10.3. The van der Waals surface area contributed by atoms with Crippen molar-refractivity contribution in [2.24, 2.45) is 5.92 Å². The van der Waals surface area contributed by atoms with Crippen molar-refractivity contribution in [3.63, 3.8) is 0 Å². The lowest BCUT2D eigenvalue weighted by molar-refractivity contribution is 0.0631. The fourth-order valence-electron chi connectivity index (χ4n) is 2.26. The van der Waals surface area contributed by atoms with Crippen LogP contribution < -0.4 is 0 Å². The Hall–Kier alpha value is 0.200. The Morgan fingerprint density at radius 2 is 1.87 bits per heavy atom. The lowest BCUT2D eigenvalue weighted by atomic mass is 9.94. The molecule has 0 unspecified atom stereocenters. The topological polar surface area (TPSA) is 43.4 Å². The standard InChI is InChI=1S/C10H17ClO3S/c11-15(12,13)10(5-6-10)4-1-9-2-7-14-8-3-9/h9H,1-8H2. The summed E-state index contributed by atoms with van der Waals surface area (Å²) in [6.07, 6.45) is 5.36. The van der Waals surface area contributed by atoms with Gasteiger partial charge >= 0.3 is 0 Å². The summed E-state index contributed by atoms with van der Waals surface area (Å²) in [6.45, 7) is 1.65. The van der Waals surface area contributed by atoms with Crippen LogP contribution in [0.2, 0.25) is 0 Å². The fourth-order valence-corrected chi connectivity index (χ4v) is 3.90. The highest BCUT2D eigenvalue weighted by Crippen LogP contribution is 2.50. The van der Waals surface area contributed by atoms with Gasteiger partial charge in [0.15, 0.2) is 0 Å². The molecular formula is C10H17ClO3S. The molecule has 2 aliphatic rings. The van der Waals surface area contributed by atoms with Crippen LogP contribution in [0.1, 0.15) is 38.5 Å². The minimum Gasteiger partial charge on any atom is -0.381 e. The van der Waals surface area contributed by atoms with Crippen molar-refractivity contribution in [2.45, 2.75) is 43.3 Å². The third-order valence-electron chi connectivity index (χ3n) is 3.67. The molecule has 1 saturated carbocycles. The molecule has 0 atom stereocenters. The fraction of sp³-hybridized carbons (Fsp3) is 1.00. The summed E-state index contributed by atoms with van der Waals surface area (Å²) in [5.41, 5.74) is 0. The van der Waals surface area contributed by atoms with Gasteiger partial charge in [-0.1, -0.05) is 0 Å². The molecule has 1 aliphatic carbocycles. The molecule has 0 spiro atoms. The molecule has 3 nitrogen and oxygen atoms in total. The summed E-state index contributed by atoms with van der Waals surface area (Å²) < 4.78 is 27.4. The zero-order valence-electron chi connectivity index (χ0n) is 8.75. The second-order valence-electron chi connectivity index (χ2n) is 4.72. The van der Waals surface area contributed by atoms with Gasteiger partial charge in [-0.25, -0.2) is 8.42 Å². The van der Waals surface area contributed by atoms with Crippen molar-refractivity contribution < 1.29 is 13.2 Å². The number of halogens is 1. The highest BCUT2D eigenvalue weighted by molar-refractivity contribution is 8.15. The average molecular weight is 253 g/mol. The molecule has 88 valence electrons. The molecule has 0 radical (unpaired) electrons. The summed E-state index contributed by atoms with van der Waals surface area (Å²) in [7, 11) is 2.10. The van der Waals surface area contributed by atoms with Gasteiger partial charge in [-0.15, -0.1) is 0 Å². The molecule has 1 saturated heterocycles. The quantitative estimate of drug-likeness (QED) is 0.721. The summed E-state index contributed by atoms with van der Waals surface area (Å²) in [5.74, 6) is 0.634. The third-order valence-corrected chi connectivity index (χ3v) is 6.30. The minimum absolute atomic E-state index is 0.563. The van der Waals surface area contributed by atoms with Crippen molar-refractivity contribution >= 4 is 19.7 Å². The van der Waals surface area contributed by atoms with E-state index in [0.29, 0.717) is 5.92 Å². The van der Waals surface area contributed by atoms with E-state index in [2.05, 4.69) is 0 Å². The van der Waals surface area contributed by atoms with Crippen LogP contribution in [-0.4, -0.2) is 26.4 Å². The van der Waals surface area contributed by atoms with Gasteiger partial charge < -0.3 is 4.74 Å². The maximum absolute atomic E-state index is 11.3. The highest BCUT2D eigenvalue weighted by Gasteiger charge is 2.53. The van der Waals surface area contributed by atoms with Gasteiger partial charge in [-0.2, -0.15) is 0 Å². The van der Waals surface area contributed by atoms with Crippen LogP contribution in [0.15, 0.2) is 0 Å². The van der Waals surface area contributed by atoms with Crippen LogP contribution >= 0.6 is 10.7 Å². The van der Waals surface area contributed by atoms with Crippen LogP contribution in [0.25, 0.3) is 0 Å². The molecule has 1 aliphatic heterocycles. The first-order chi connectivity index (χ1) is 7.04. The van der Waals surface area contributed by atoms with Gasteiger partial charge in [0.25, 0.3) is 0 Å². The predicted octanol–water partition coefficient (Wildman–Crippen LogP) is 2.29. The molecular weight excluding hydrogens is 236 g/mol. The van der Waals surface area contributed by atoms with Gasteiger partial charge in [0.05, 0.1) is 4.75 Å². The van der Waals surface area contributed by atoms with E-state index in [9.17, 15) is 8.42 Å². The van der Waals surface area contributed by atoms with Crippen LogP contribution in [0.4, 0.5) is 0 Å². The van der Waals surface area contributed by atoms with Crippen LogP contribution in [-0.2, 0) is 13.8 Å². The first-order valence-corrected chi connectivity index (χ1v) is 7.86. The lowest BCUT2D eigenvalue weighted by Crippen LogP contribution is -2.22. The molecule has 0 amide bonds. The van der Waals surface area contributed by atoms with Crippen molar-refractivity contribution in [3.05, 3.63) is 0 Å². The van der Waals surface area contributed by atoms with Crippen molar-refractivity contribution in [2.75, 3.05) is 13.2 Å². The van der Waals surface area contributed by atoms with Crippen LogP contribution in [0.3, 0.4) is 0 Å². The van der Waals surface area contributed by atoms with E-state index in [1.165, 1.54) is 0 Å². The summed E-state index contributed by atoms with van der Waals surface area (Å²) in [5, 5.41) is 0. The molecule has 2 fully saturated rings. The van der Waals surface area contributed by atoms with Gasteiger partial charge in [0, 0.05) is 23.9 Å². The van der Waals surface area contributed by atoms with Crippen molar-refractivity contribution in [1.82, 2.24) is 0 Å². The smallest absolute Gasteiger partial charge is 0.238 e.